The molecule has 4 aromatic carbocycles. The van der Waals surface area contributed by atoms with Crippen molar-refractivity contribution in [1.82, 2.24) is 29.5 Å². The second-order valence-corrected chi connectivity index (χ2v) is 12.6. The second kappa shape index (κ2) is 11.8. The standard InChI is InChI=1S/C45H28N6/c1-2-10-33-29(9-1)21-24-48-45(33)51-43-20-17-30(31-15-18-41(49-27-31)39-13-5-7-22-46-39)25-37(43)38-26-36(34-11-3-4-12-35(34)44(38)51)32-16-19-42(50-28-32)40-14-6-8-23-47-40/h1-28H. The first-order valence-electron chi connectivity index (χ1n) is 16.9. The van der Waals surface area contributed by atoms with Crippen molar-refractivity contribution in [2.24, 2.45) is 0 Å². The first kappa shape index (κ1) is 28.9. The summed E-state index contributed by atoms with van der Waals surface area (Å²) in [7, 11) is 0. The van der Waals surface area contributed by atoms with Crippen molar-refractivity contribution in [2.45, 2.75) is 0 Å². The molecule has 238 valence electrons. The number of benzene rings is 4. The van der Waals surface area contributed by atoms with Crippen LogP contribution >= 0.6 is 0 Å². The largest absolute Gasteiger partial charge is 0.293 e. The average Bonchev–Trinajstić information content (AvgIpc) is 3.54. The monoisotopic (exact) mass is 652 g/mol. The van der Waals surface area contributed by atoms with Gasteiger partial charge in [-0.3, -0.25) is 24.5 Å². The van der Waals surface area contributed by atoms with Gasteiger partial charge in [0.25, 0.3) is 0 Å². The van der Waals surface area contributed by atoms with E-state index < -0.39 is 0 Å². The van der Waals surface area contributed by atoms with E-state index in [4.69, 9.17) is 15.0 Å². The lowest BCUT2D eigenvalue weighted by Gasteiger charge is -2.14. The van der Waals surface area contributed by atoms with Gasteiger partial charge in [-0.05, 0) is 82.6 Å². The summed E-state index contributed by atoms with van der Waals surface area (Å²) >= 11 is 0. The van der Waals surface area contributed by atoms with Gasteiger partial charge in [0.15, 0.2) is 0 Å². The third-order valence-electron chi connectivity index (χ3n) is 9.66. The van der Waals surface area contributed by atoms with E-state index >= 15 is 0 Å². The van der Waals surface area contributed by atoms with Crippen LogP contribution in [0, 0.1) is 0 Å². The maximum atomic E-state index is 5.03. The fourth-order valence-electron chi connectivity index (χ4n) is 7.24. The minimum atomic E-state index is 0.843. The maximum Gasteiger partial charge on any atom is 0.145 e. The summed E-state index contributed by atoms with van der Waals surface area (Å²) in [6.07, 6.45) is 9.40. The van der Waals surface area contributed by atoms with Crippen molar-refractivity contribution < 1.29 is 0 Å². The third-order valence-corrected chi connectivity index (χ3v) is 9.66. The van der Waals surface area contributed by atoms with Crippen LogP contribution in [0.4, 0.5) is 0 Å². The van der Waals surface area contributed by atoms with Gasteiger partial charge in [0.05, 0.1) is 33.8 Å². The van der Waals surface area contributed by atoms with E-state index in [1.165, 1.54) is 0 Å². The zero-order valence-electron chi connectivity index (χ0n) is 27.3. The molecule has 0 fully saturated rings. The van der Waals surface area contributed by atoms with Gasteiger partial charge in [0.2, 0.25) is 0 Å². The normalized spacial score (nSPS) is 11.5. The molecule has 51 heavy (non-hydrogen) atoms. The van der Waals surface area contributed by atoms with Crippen LogP contribution in [0.5, 0.6) is 0 Å². The first-order valence-corrected chi connectivity index (χ1v) is 16.9. The molecule has 10 rings (SSSR count). The molecule has 6 heteroatoms. The molecule has 0 aliphatic heterocycles. The van der Waals surface area contributed by atoms with Crippen molar-refractivity contribution in [2.75, 3.05) is 0 Å². The van der Waals surface area contributed by atoms with Crippen molar-refractivity contribution in [3.05, 3.63) is 171 Å². The van der Waals surface area contributed by atoms with Gasteiger partial charge in [-0.1, -0.05) is 78.9 Å². The Bertz CT molecular complexity index is 2880. The molecule has 0 spiro atoms. The highest BCUT2D eigenvalue weighted by Crippen LogP contribution is 2.43. The van der Waals surface area contributed by atoms with Crippen LogP contribution in [-0.2, 0) is 0 Å². The Hall–Kier alpha value is -7.05. The van der Waals surface area contributed by atoms with Gasteiger partial charge < -0.3 is 0 Å². The molecule has 6 nitrogen and oxygen atoms in total. The molecule has 0 amide bonds. The van der Waals surface area contributed by atoms with E-state index in [0.29, 0.717) is 0 Å². The summed E-state index contributed by atoms with van der Waals surface area (Å²) in [6.45, 7) is 0. The second-order valence-electron chi connectivity index (χ2n) is 12.6. The van der Waals surface area contributed by atoms with E-state index in [0.717, 1.165) is 94.2 Å². The van der Waals surface area contributed by atoms with Gasteiger partial charge in [-0.25, -0.2) is 4.98 Å². The van der Waals surface area contributed by atoms with Gasteiger partial charge in [0, 0.05) is 63.7 Å². The average molecular weight is 653 g/mol. The highest BCUT2D eigenvalue weighted by molar-refractivity contribution is 6.23. The van der Waals surface area contributed by atoms with Gasteiger partial charge >= 0.3 is 0 Å². The Labute approximate surface area is 293 Å². The number of pyridine rings is 5. The molecular weight excluding hydrogens is 625 g/mol. The summed E-state index contributed by atoms with van der Waals surface area (Å²) in [4.78, 5) is 23.7. The first-order chi connectivity index (χ1) is 25.3. The van der Waals surface area contributed by atoms with E-state index in [1.54, 1.807) is 12.4 Å². The summed E-state index contributed by atoms with van der Waals surface area (Å²) in [6, 6.07) is 48.3. The van der Waals surface area contributed by atoms with Crippen LogP contribution in [0.25, 0.3) is 94.2 Å². The van der Waals surface area contributed by atoms with E-state index in [2.05, 4.69) is 112 Å². The van der Waals surface area contributed by atoms with Gasteiger partial charge in [-0.15, -0.1) is 0 Å². The molecule has 0 atom stereocenters. The van der Waals surface area contributed by atoms with Crippen LogP contribution in [0.3, 0.4) is 0 Å². The minimum Gasteiger partial charge on any atom is -0.293 e. The Morgan fingerprint density at radius 3 is 1.69 bits per heavy atom. The molecule has 0 unspecified atom stereocenters. The van der Waals surface area contributed by atoms with Crippen LogP contribution in [0.15, 0.2) is 171 Å². The van der Waals surface area contributed by atoms with Crippen molar-refractivity contribution in [1.29, 1.82) is 0 Å². The highest BCUT2D eigenvalue weighted by atomic mass is 15.1. The number of aromatic nitrogens is 6. The van der Waals surface area contributed by atoms with Crippen LogP contribution in [0.2, 0.25) is 0 Å². The highest BCUT2D eigenvalue weighted by Gasteiger charge is 2.21. The molecule has 0 N–H and O–H groups in total. The molecule has 0 aliphatic rings. The summed E-state index contributed by atoms with van der Waals surface area (Å²) in [5.74, 6) is 0.904. The van der Waals surface area contributed by atoms with E-state index in [-0.39, 0.29) is 0 Å². The van der Waals surface area contributed by atoms with Crippen LogP contribution in [0.1, 0.15) is 0 Å². The SMILES string of the molecule is c1ccc(-c2ccc(-c3ccc4c(c3)c3cc(-c5ccc(-c6ccccn6)nc5)c5ccccc5c3n4-c3nccc4ccccc34)cn2)nc1. The molecule has 6 aromatic heterocycles. The fraction of sp³-hybridized carbons (Fsp3) is 0. The number of fused-ring (bicyclic) bond motifs is 6. The Kier molecular flexibility index (Phi) is 6.70. The quantitative estimate of drug-likeness (QED) is 0.185. The van der Waals surface area contributed by atoms with Crippen LogP contribution in [-0.4, -0.2) is 29.5 Å². The minimum absolute atomic E-state index is 0.843. The smallest absolute Gasteiger partial charge is 0.145 e. The van der Waals surface area contributed by atoms with Crippen LogP contribution < -0.4 is 0 Å². The molecule has 0 aliphatic carbocycles. The zero-order chi connectivity index (χ0) is 33.7. The Balaban J connectivity index is 1.23. The lowest BCUT2D eigenvalue weighted by atomic mass is 9.95. The van der Waals surface area contributed by atoms with Crippen molar-refractivity contribution >= 4 is 43.4 Å². The number of hydrogen-bond acceptors (Lipinski definition) is 5. The lowest BCUT2D eigenvalue weighted by Crippen LogP contribution is -1.99. The molecule has 0 saturated heterocycles. The number of nitrogens with zero attached hydrogens (tertiary/aromatic N) is 6. The fourth-order valence-corrected chi connectivity index (χ4v) is 7.24. The van der Waals surface area contributed by atoms with E-state index in [1.807, 2.05) is 61.1 Å². The number of hydrogen-bond donors (Lipinski definition) is 0. The van der Waals surface area contributed by atoms with E-state index in [9.17, 15) is 0 Å². The molecule has 0 radical (unpaired) electrons. The lowest BCUT2D eigenvalue weighted by molar-refractivity contribution is 1.10. The zero-order valence-corrected chi connectivity index (χ0v) is 27.3. The summed E-state index contributed by atoms with van der Waals surface area (Å²) in [5, 5.41) is 6.81. The predicted molar refractivity (Wildman–Crippen MR) is 207 cm³/mol. The van der Waals surface area contributed by atoms with Gasteiger partial charge in [-0.2, -0.15) is 0 Å². The molecule has 0 saturated carbocycles. The Morgan fingerprint density at radius 1 is 0.373 bits per heavy atom. The Morgan fingerprint density at radius 2 is 1.00 bits per heavy atom. The van der Waals surface area contributed by atoms with Crippen molar-refractivity contribution in [3.63, 3.8) is 0 Å². The topological polar surface area (TPSA) is 69.4 Å². The number of rotatable bonds is 5. The third kappa shape index (κ3) is 4.84. The maximum absolute atomic E-state index is 5.03. The molecule has 0 bridgehead atoms. The molecular formula is C45H28N6. The molecule has 6 heterocycles. The van der Waals surface area contributed by atoms with Gasteiger partial charge in [0.1, 0.15) is 5.82 Å². The molecule has 10 aromatic rings. The summed E-state index contributed by atoms with van der Waals surface area (Å²) < 4.78 is 2.34. The predicted octanol–water partition coefficient (Wildman–Crippen LogP) is 10.7. The van der Waals surface area contributed by atoms with Crippen molar-refractivity contribution in [3.8, 4) is 50.8 Å². The summed E-state index contributed by atoms with van der Waals surface area (Å²) in [5.41, 5.74) is 9.89.